The molecule has 19 heavy (non-hydrogen) atoms. The summed E-state index contributed by atoms with van der Waals surface area (Å²) >= 11 is 6.79. The number of nitrogens with zero attached hydrogens (tertiary/aromatic N) is 1. The number of imidazole rings is 1. The van der Waals surface area contributed by atoms with Gasteiger partial charge in [-0.15, -0.1) is 0 Å². The average molecular weight is 386 g/mol. The first-order valence-corrected chi connectivity index (χ1v) is 6.81. The third kappa shape index (κ3) is 2.17. The highest BCUT2D eigenvalue weighted by Gasteiger charge is 2.12. The molecule has 3 aromatic rings. The van der Waals surface area contributed by atoms with Crippen molar-refractivity contribution in [2.45, 2.75) is 0 Å². The summed E-state index contributed by atoms with van der Waals surface area (Å²) in [5.74, 6) is 0.496. The second-order valence-corrected chi connectivity index (χ2v) is 5.61. The van der Waals surface area contributed by atoms with Gasteiger partial charge in [-0.2, -0.15) is 0 Å². The molecule has 0 atom stereocenters. The Kier molecular flexibility index (Phi) is 2.90. The Morgan fingerprint density at radius 3 is 2.63 bits per heavy atom. The standard InChI is InChI=1S/C11H6Br2N4O2/c12-4-1-2-6(13)5(3-4)8-14-7-9(15-8)16-11(19)17-10(7)18/h1-3H,(H3,14,15,16,17,18,19). The minimum absolute atomic E-state index is 0.232. The molecule has 8 heteroatoms. The summed E-state index contributed by atoms with van der Waals surface area (Å²) in [5.41, 5.74) is 0.176. The third-order valence-corrected chi connectivity index (χ3v) is 3.76. The fraction of sp³-hybridized carbons (Fsp3) is 0. The average Bonchev–Trinajstić information content (AvgIpc) is 2.76. The predicted molar refractivity (Wildman–Crippen MR) is 78.2 cm³/mol. The van der Waals surface area contributed by atoms with Crippen LogP contribution in [-0.2, 0) is 0 Å². The zero-order valence-electron chi connectivity index (χ0n) is 9.25. The van der Waals surface area contributed by atoms with Gasteiger partial charge in [0.25, 0.3) is 5.56 Å². The molecule has 0 aliphatic heterocycles. The third-order valence-electron chi connectivity index (χ3n) is 2.57. The van der Waals surface area contributed by atoms with Crippen LogP contribution in [0.5, 0.6) is 0 Å². The Morgan fingerprint density at radius 2 is 1.84 bits per heavy atom. The second kappa shape index (κ2) is 4.46. The van der Waals surface area contributed by atoms with E-state index in [1.54, 1.807) is 0 Å². The molecular formula is C11H6Br2N4O2. The molecule has 0 fully saturated rings. The van der Waals surface area contributed by atoms with Crippen LogP contribution in [0.3, 0.4) is 0 Å². The van der Waals surface area contributed by atoms with Gasteiger partial charge in [-0.25, -0.2) is 9.78 Å². The van der Waals surface area contributed by atoms with Crippen LogP contribution >= 0.6 is 31.9 Å². The fourth-order valence-corrected chi connectivity index (χ4v) is 2.53. The maximum atomic E-state index is 11.6. The molecule has 0 amide bonds. The maximum Gasteiger partial charge on any atom is 0.327 e. The monoisotopic (exact) mass is 384 g/mol. The van der Waals surface area contributed by atoms with Crippen LogP contribution in [0.4, 0.5) is 0 Å². The van der Waals surface area contributed by atoms with E-state index in [0.29, 0.717) is 5.82 Å². The number of fused-ring (bicyclic) bond motifs is 1. The van der Waals surface area contributed by atoms with E-state index in [9.17, 15) is 9.59 Å². The molecule has 3 rings (SSSR count). The number of hydrogen-bond donors (Lipinski definition) is 3. The van der Waals surface area contributed by atoms with Gasteiger partial charge in [-0.1, -0.05) is 31.9 Å². The largest absolute Gasteiger partial charge is 0.332 e. The summed E-state index contributed by atoms with van der Waals surface area (Å²) < 4.78 is 1.71. The zero-order chi connectivity index (χ0) is 13.6. The zero-order valence-corrected chi connectivity index (χ0v) is 12.4. The summed E-state index contributed by atoms with van der Waals surface area (Å²) in [7, 11) is 0. The maximum absolute atomic E-state index is 11.6. The number of H-pyrrole nitrogens is 3. The van der Waals surface area contributed by atoms with Gasteiger partial charge >= 0.3 is 5.69 Å². The van der Waals surface area contributed by atoms with E-state index in [0.717, 1.165) is 14.5 Å². The van der Waals surface area contributed by atoms with Crippen LogP contribution in [0.15, 0.2) is 36.7 Å². The molecule has 2 heterocycles. The van der Waals surface area contributed by atoms with E-state index in [2.05, 4.69) is 51.8 Å². The van der Waals surface area contributed by atoms with Gasteiger partial charge in [0, 0.05) is 14.5 Å². The molecule has 6 nitrogen and oxygen atoms in total. The van der Waals surface area contributed by atoms with Gasteiger partial charge in [0.1, 0.15) is 11.3 Å². The lowest BCUT2D eigenvalue weighted by Crippen LogP contribution is -2.21. The minimum Gasteiger partial charge on any atom is -0.332 e. The summed E-state index contributed by atoms with van der Waals surface area (Å²) in [6, 6.07) is 5.60. The van der Waals surface area contributed by atoms with E-state index in [4.69, 9.17) is 0 Å². The lowest BCUT2D eigenvalue weighted by molar-refractivity contribution is 1.07. The number of halogens is 2. The van der Waals surface area contributed by atoms with Gasteiger partial charge < -0.3 is 4.98 Å². The summed E-state index contributed by atoms with van der Waals surface area (Å²) in [6.07, 6.45) is 0. The smallest absolute Gasteiger partial charge is 0.327 e. The lowest BCUT2D eigenvalue weighted by atomic mass is 10.2. The van der Waals surface area contributed by atoms with Gasteiger partial charge in [-0.3, -0.25) is 14.8 Å². The second-order valence-electron chi connectivity index (χ2n) is 3.84. The first-order valence-electron chi connectivity index (χ1n) is 5.22. The molecule has 0 radical (unpaired) electrons. The molecular weight excluding hydrogens is 380 g/mol. The van der Waals surface area contributed by atoms with Crippen molar-refractivity contribution in [2.24, 2.45) is 0 Å². The van der Waals surface area contributed by atoms with Crippen LogP contribution in [-0.4, -0.2) is 19.9 Å². The molecule has 0 saturated heterocycles. The van der Waals surface area contributed by atoms with Crippen molar-refractivity contribution >= 4 is 43.0 Å². The van der Waals surface area contributed by atoms with Crippen LogP contribution in [0.25, 0.3) is 22.6 Å². The van der Waals surface area contributed by atoms with E-state index >= 15 is 0 Å². The van der Waals surface area contributed by atoms with Gasteiger partial charge in [0.2, 0.25) is 0 Å². The number of aromatic nitrogens is 4. The number of nitrogens with one attached hydrogen (secondary N) is 3. The van der Waals surface area contributed by atoms with E-state index < -0.39 is 11.2 Å². The predicted octanol–water partition coefficient (Wildman–Crippen LogP) is 2.13. The summed E-state index contributed by atoms with van der Waals surface area (Å²) in [4.78, 5) is 34.6. The highest BCUT2D eigenvalue weighted by atomic mass is 79.9. The minimum atomic E-state index is -0.580. The first kappa shape index (κ1) is 12.4. The van der Waals surface area contributed by atoms with Crippen molar-refractivity contribution in [3.05, 3.63) is 48.0 Å². The Labute approximate surface area is 122 Å². The fourth-order valence-electron chi connectivity index (χ4n) is 1.74. The van der Waals surface area contributed by atoms with Crippen LogP contribution < -0.4 is 11.2 Å². The molecule has 0 aliphatic rings. The SMILES string of the molecule is O=c1[nH]c(=O)c2[nH]c(-c3cc(Br)ccc3Br)nc2[nH]1. The Hall–Kier alpha value is -1.67. The Balaban J connectivity index is 2.32. The van der Waals surface area contributed by atoms with E-state index in [-0.39, 0.29) is 11.2 Å². The Bertz CT molecular complexity index is 894. The molecule has 2 aromatic heterocycles. The van der Waals surface area contributed by atoms with Gasteiger partial charge in [-0.05, 0) is 18.2 Å². The van der Waals surface area contributed by atoms with Crippen molar-refractivity contribution in [1.29, 1.82) is 0 Å². The quantitative estimate of drug-likeness (QED) is 0.598. The van der Waals surface area contributed by atoms with Crippen LogP contribution in [0, 0.1) is 0 Å². The molecule has 1 aromatic carbocycles. The highest BCUT2D eigenvalue weighted by Crippen LogP contribution is 2.29. The molecule has 0 spiro atoms. The van der Waals surface area contributed by atoms with Crippen molar-refractivity contribution < 1.29 is 0 Å². The van der Waals surface area contributed by atoms with Crippen molar-refractivity contribution in [2.75, 3.05) is 0 Å². The van der Waals surface area contributed by atoms with Crippen LogP contribution in [0.2, 0.25) is 0 Å². The van der Waals surface area contributed by atoms with Crippen LogP contribution in [0.1, 0.15) is 0 Å². The van der Waals surface area contributed by atoms with Gasteiger partial charge in [0.15, 0.2) is 5.65 Å². The van der Waals surface area contributed by atoms with Gasteiger partial charge in [0.05, 0.1) is 0 Å². The first-order chi connectivity index (χ1) is 9.04. The molecule has 0 aliphatic carbocycles. The summed E-state index contributed by atoms with van der Waals surface area (Å²) in [6.45, 7) is 0. The normalized spacial score (nSPS) is 11.1. The van der Waals surface area contributed by atoms with E-state index in [1.165, 1.54) is 0 Å². The highest BCUT2D eigenvalue weighted by molar-refractivity contribution is 9.11. The lowest BCUT2D eigenvalue weighted by Gasteiger charge is -2.00. The molecule has 0 saturated carbocycles. The van der Waals surface area contributed by atoms with Crippen molar-refractivity contribution in [3.8, 4) is 11.4 Å². The molecule has 0 bridgehead atoms. The number of rotatable bonds is 1. The number of benzene rings is 1. The topological polar surface area (TPSA) is 94.4 Å². The number of hydrogen-bond acceptors (Lipinski definition) is 3. The summed E-state index contributed by atoms with van der Waals surface area (Å²) in [5, 5.41) is 0. The molecule has 3 N–H and O–H groups in total. The molecule has 0 unspecified atom stereocenters. The number of aromatic amines is 3. The van der Waals surface area contributed by atoms with Crippen molar-refractivity contribution in [3.63, 3.8) is 0 Å². The van der Waals surface area contributed by atoms with E-state index in [1.807, 2.05) is 18.2 Å². The molecule has 96 valence electrons. The Morgan fingerprint density at radius 1 is 1.05 bits per heavy atom. The van der Waals surface area contributed by atoms with Crippen molar-refractivity contribution in [1.82, 2.24) is 19.9 Å².